The smallest absolute Gasteiger partial charge is 0.238 e. The first kappa shape index (κ1) is 22.9. The van der Waals surface area contributed by atoms with Crippen LogP contribution in [0.2, 0.25) is 0 Å². The molecule has 0 N–H and O–H groups in total. The summed E-state index contributed by atoms with van der Waals surface area (Å²) in [5, 5.41) is 2.47. The molecule has 0 saturated carbocycles. The van der Waals surface area contributed by atoms with Crippen LogP contribution in [0.5, 0.6) is 0 Å². The Morgan fingerprint density at radius 1 is 0.525 bits per heavy atom. The number of hydrogen-bond acceptors (Lipinski definition) is 3. The first-order chi connectivity index (χ1) is 19.6. The van der Waals surface area contributed by atoms with Crippen LogP contribution in [0.25, 0.3) is 61.7 Å². The van der Waals surface area contributed by atoms with Gasteiger partial charge in [0.15, 0.2) is 11.6 Å². The van der Waals surface area contributed by atoms with Crippen LogP contribution in [0, 0.1) is 0 Å². The Bertz CT molecular complexity index is 2010. The average molecular weight is 515 g/mol. The van der Waals surface area contributed by atoms with Crippen molar-refractivity contribution in [2.45, 2.75) is 19.3 Å². The van der Waals surface area contributed by atoms with Gasteiger partial charge in [-0.05, 0) is 34.4 Å². The van der Waals surface area contributed by atoms with Crippen molar-refractivity contribution in [2.75, 3.05) is 0 Å². The van der Waals surface area contributed by atoms with Crippen molar-refractivity contribution in [2.24, 2.45) is 0 Å². The van der Waals surface area contributed by atoms with Crippen molar-refractivity contribution >= 4 is 21.8 Å². The Morgan fingerprint density at radius 2 is 1.12 bits per heavy atom. The molecule has 0 unspecified atom stereocenters. The zero-order valence-electron chi connectivity index (χ0n) is 22.3. The number of nitrogens with zero attached hydrogens (tertiary/aromatic N) is 4. The number of hydrogen-bond donors (Lipinski definition) is 0. The number of aromatic nitrogens is 4. The highest BCUT2D eigenvalue weighted by Crippen LogP contribution is 2.53. The monoisotopic (exact) mass is 514 g/mol. The minimum atomic E-state index is -0.135. The maximum absolute atomic E-state index is 5.08. The molecule has 7 aromatic rings. The SMILES string of the molecule is CC1(C)c2ccccc2-c2ccc3c(c21)c1ccccc1n3-c1nc(-c2ccccc2)nc(-c2ccccc2)n1. The summed E-state index contributed by atoms with van der Waals surface area (Å²) in [4.78, 5) is 15.1. The number of fused-ring (bicyclic) bond motifs is 7. The fourth-order valence-corrected chi connectivity index (χ4v) is 6.44. The zero-order valence-corrected chi connectivity index (χ0v) is 22.3. The first-order valence-electron chi connectivity index (χ1n) is 13.6. The van der Waals surface area contributed by atoms with Crippen LogP contribution in [-0.2, 0) is 5.41 Å². The fourth-order valence-electron chi connectivity index (χ4n) is 6.44. The van der Waals surface area contributed by atoms with Gasteiger partial charge in [0, 0.05) is 27.3 Å². The maximum Gasteiger partial charge on any atom is 0.238 e. The highest BCUT2D eigenvalue weighted by Gasteiger charge is 2.38. The van der Waals surface area contributed by atoms with Crippen molar-refractivity contribution in [3.63, 3.8) is 0 Å². The predicted molar refractivity (Wildman–Crippen MR) is 163 cm³/mol. The van der Waals surface area contributed by atoms with E-state index >= 15 is 0 Å². The minimum absolute atomic E-state index is 0.135. The lowest BCUT2D eigenvalue weighted by Crippen LogP contribution is -2.15. The number of rotatable bonds is 3. The highest BCUT2D eigenvalue weighted by molar-refractivity contribution is 6.14. The summed E-state index contributed by atoms with van der Waals surface area (Å²) < 4.78 is 2.21. The molecule has 0 saturated heterocycles. The van der Waals surface area contributed by atoms with Crippen LogP contribution in [-0.4, -0.2) is 19.5 Å². The second-order valence-electron chi connectivity index (χ2n) is 10.9. The van der Waals surface area contributed by atoms with E-state index in [0.29, 0.717) is 17.6 Å². The topological polar surface area (TPSA) is 43.6 Å². The maximum atomic E-state index is 5.08. The van der Waals surface area contributed by atoms with Crippen LogP contribution in [0.1, 0.15) is 25.0 Å². The molecule has 1 aliphatic rings. The van der Waals surface area contributed by atoms with Crippen molar-refractivity contribution in [3.05, 3.63) is 132 Å². The molecular weight excluding hydrogens is 488 g/mol. The molecule has 0 bridgehead atoms. The molecule has 2 heterocycles. The zero-order chi connectivity index (χ0) is 26.8. The van der Waals surface area contributed by atoms with E-state index < -0.39 is 0 Å². The summed E-state index contributed by atoms with van der Waals surface area (Å²) in [6, 6.07) is 42.2. The van der Waals surface area contributed by atoms with E-state index in [9.17, 15) is 0 Å². The van der Waals surface area contributed by atoms with Gasteiger partial charge in [-0.3, -0.25) is 4.57 Å². The molecule has 0 spiro atoms. The Morgan fingerprint density at radius 3 is 1.82 bits per heavy atom. The third kappa shape index (κ3) is 3.23. The summed E-state index contributed by atoms with van der Waals surface area (Å²) in [7, 11) is 0. The first-order valence-corrected chi connectivity index (χ1v) is 13.6. The van der Waals surface area contributed by atoms with Crippen molar-refractivity contribution in [1.82, 2.24) is 19.5 Å². The van der Waals surface area contributed by atoms with Gasteiger partial charge in [-0.1, -0.05) is 123 Å². The second kappa shape index (κ2) is 8.45. The Hall–Kier alpha value is -5.09. The van der Waals surface area contributed by atoms with E-state index in [1.807, 2.05) is 60.7 Å². The number of para-hydroxylation sites is 1. The van der Waals surface area contributed by atoms with Crippen molar-refractivity contribution in [3.8, 4) is 39.9 Å². The molecule has 4 nitrogen and oxygen atoms in total. The molecule has 4 heteroatoms. The van der Waals surface area contributed by atoms with Gasteiger partial charge in [-0.25, -0.2) is 4.98 Å². The van der Waals surface area contributed by atoms with Gasteiger partial charge in [-0.2, -0.15) is 9.97 Å². The van der Waals surface area contributed by atoms with Crippen LogP contribution >= 0.6 is 0 Å². The Labute approximate surface area is 232 Å². The van der Waals surface area contributed by atoms with Gasteiger partial charge in [-0.15, -0.1) is 0 Å². The van der Waals surface area contributed by atoms with Crippen molar-refractivity contribution < 1.29 is 0 Å². The summed E-state index contributed by atoms with van der Waals surface area (Å²) >= 11 is 0. The second-order valence-corrected chi connectivity index (χ2v) is 10.9. The standard InChI is InChI=1S/C36H26N4/c1-36(2)28-19-11-9-17-25(28)26-21-22-30-31(32(26)36)27-18-10-12-20-29(27)40(30)35-38-33(23-13-5-3-6-14-23)37-34(39-35)24-15-7-4-8-16-24/h3-22H,1-2H3. The molecule has 0 fully saturated rings. The van der Waals surface area contributed by atoms with Gasteiger partial charge >= 0.3 is 0 Å². The van der Waals surface area contributed by atoms with E-state index in [4.69, 9.17) is 15.0 Å². The van der Waals surface area contributed by atoms with Gasteiger partial charge in [0.25, 0.3) is 0 Å². The van der Waals surface area contributed by atoms with E-state index in [-0.39, 0.29) is 5.41 Å². The van der Waals surface area contributed by atoms with Crippen LogP contribution in [0.3, 0.4) is 0 Å². The van der Waals surface area contributed by atoms with Crippen LogP contribution in [0.15, 0.2) is 121 Å². The molecule has 190 valence electrons. The molecule has 0 aliphatic heterocycles. The molecule has 0 atom stereocenters. The predicted octanol–water partition coefficient (Wildman–Crippen LogP) is 8.61. The van der Waals surface area contributed by atoms with Gasteiger partial charge in [0.05, 0.1) is 11.0 Å². The molecule has 8 rings (SSSR count). The van der Waals surface area contributed by atoms with Gasteiger partial charge in [0.2, 0.25) is 5.95 Å². The van der Waals surface area contributed by atoms with Gasteiger partial charge in [0.1, 0.15) is 0 Å². The summed E-state index contributed by atoms with van der Waals surface area (Å²) in [5.41, 5.74) is 9.33. The van der Waals surface area contributed by atoms with Crippen LogP contribution in [0.4, 0.5) is 0 Å². The third-order valence-electron chi connectivity index (χ3n) is 8.24. The summed E-state index contributed by atoms with van der Waals surface area (Å²) in [5.74, 6) is 1.93. The van der Waals surface area contributed by atoms with E-state index in [2.05, 4.69) is 79.1 Å². The molecular formula is C36H26N4. The highest BCUT2D eigenvalue weighted by atomic mass is 15.2. The molecule has 1 aliphatic carbocycles. The van der Waals surface area contributed by atoms with E-state index in [1.165, 1.54) is 33.0 Å². The molecule has 2 aromatic heterocycles. The fraction of sp³-hybridized carbons (Fsp3) is 0.0833. The third-order valence-corrected chi connectivity index (χ3v) is 8.24. The normalized spacial score (nSPS) is 13.4. The summed E-state index contributed by atoms with van der Waals surface area (Å²) in [6.07, 6.45) is 0. The van der Waals surface area contributed by atoms with E-state index in [0.717, 1.165) is 22.2 Å². The summed E-state index contributed by atoms with van der Waals surface area (Å²) in [6.45, 7) is 4.68. The Kier molecular flexibility index (Phi) is 4.83. The minimum Gasteiger partial charge on any atom is -0.278 e. The van der Waals surface area contributed by atoms with Crippen molar-refractivity contribution in [1.29, 1.82) is 0 Å². The molecule has 0 amide bonds. The lowest BCUT2D eigenvalue weighted by molar-refractivity contribution is 0.666. The van der Waals surface area contributed by atoms with Gasteiger partial charge < -0.3 is 0 Å². The lowest BCUT2D eigenvalue weighted by atomic mass is 9.80. The Balaban J connectivity index is 1.47. The molecule has 40 heavy (non-hydrogen) atoms. The lowest BCUT2D eigenvalue weighted by Gasteiger charge is -2.22. The quantitative estimate of drug-likeness (QED) is 0.237. The molecule has 5 aromatic carbocycles. The largest absolute Gasteiger partial charge is 0.278 e. The van der Waals surface area contributed by atoms with Crippen LogP contribution < -0.4 is 0 Å². The molecule has 0 radical (unpaired) electrons. The average Bonchev–Trinajstić information content (AvgIpc) is 3.47. The number of benzene rings is 5. The van der Waals surface area contributed by atoms with E-state index in [1.54, 1.807) is 0 Å².